The molecule has 2 aromatic rings. The molecule has 6 heteroatoms. The second-order valence-corrected chi connectivity index (χ2v) is 3.46. The Hall–Kier alpha value is -0.810. The smallest absolute Gasteiger partial charge is 0.241 e. The Morgan fingerprint density at radius 2 is 2.38 bits per heavy atom. The molecule has 4 nitrogen and oxygen atoms in total. The molecule has 0 N–H and O–H groups in total. The third-order valence-electron chi connectivity index (χ3n) is 1.63. The van der Waals surface area contributed by atoms with E-state index in [0.717, 1.165) is 5.52 Å². The number of aromatic nitrogens is 3. The summed E-state index contributed by atoms with van der Waals surface area (Å²) in [5.74, 6) is 0.464. The summed E-state index contributed by atoms with van der Waals surface area (Å²) >= 11 is 9.14. The first-order valence-electron chi connectivity index (χ1n) is 3.45. The minimum absolute atomic E-state index is 0.349. The molecule has 0 radical (unpaired) electrons. The van der Waals surface area contributed by atoms with Crippen LogP contribution in [0.15, 0.2) is 17.1 Å². The van der Waals surface area contributed by atoms with Crippen LogP contribution >= 0.6 is 27.5 Å². The van der Waals surface area contributed by atoms with E-state index >= 15 is 0 Å². The Bertz CT molecular complexity index is 456. The summed E-state index contributed by atoms with van der Waals surface area (Å²) in [6, 6.07) is 0. The third-order valence-corrected chi connectivity index (χ3v) is 2.88. The fraction of sp³-hybridized carbons (Fsp3) is 0.143. The number of fused-ring (bicyclic) bond motifs is 1. The molecular weight excluding hydrogens is 257 g/mol. The fourth-order valence-electron chi connectivity index (χ4n) is 1.05. The lowest BCUT2D eigenvalue weighted by Gasteiger charge is -2.04. The predicted molar refractivity (Wildman–Crippen MR) is 52.2 cm³/mol. The third kappa shape index (κ3) is 1.28. The van der Waals surface area contributed by atoms with Gasteiger partial charge in [0.15, 0.2) is 5.15 Å². The average Bonchev–Trinajstić information content (AvgIpc) is 2.60. The Labute approximate surface area is 87.6 Å². The van der Waals surface area contributed by atoms with Crippen LogP contribution in [0.1, 0.15) is 0 Å². The number of nitrogens with zero attached hydrogens (tertiary/aromatic N) is 3. The van der Waals surface area contributed by atoms with Gasteiger partial charge in [-0.1, -0.05) is 11.6 Å². The van der Waals surface area contributed by atoms with Crippen LogP contribution in [0.4, 0.5) is 0 Å². The molecule has 0 saturated carbocycles. The van der Waals surface area contributed by atoms with Crippen LogP contribution in [0, 0.1) is 0 Å². The molecule has 68 valence electrons. The normalized spacial score (nSPS) is 10.7. The topological polar surface area (TPSA) is 39.4 Å². The molecular formula is C7H5BrClN3O. The molecule has 2 aromatic heterocycles. The van der Waals surface area contributed by atoms with Gasteiger partial charge >= 0.3 is 0 Å². The molecule has 13 heavy (non-hydrogen) atoms. The van der Waals surface area contributed by atoms with E-state index in [4.69, 9.17) is 16.3 Å². The molecule has 0 unspecified atom stereocenters. The van der Waals surface area contributed by atoms with E-state index in [1.807, 2.05) is 0 Å². The van der Waals surface area contributed by atoms with E-state index in [9.17, 15) is 0 Å². The molecule has 0 aliphatic heterocycles. The van der Waals surface area contributed by atoms with Gasteiger partial charge in [0.2, 0.25) is 5.88 Å². The van der Waals surface area contributed by atoms with Gasteiger partial charge in [-0.05, 0) is 15.9 Å². The lowest BCUT2D eigenvalue weighted by atomic mass is 10.5. The maximum Gasteiger partial charge on any atom is 0.241 e. The molecule has 2 heterocycles. The molecule has 0 bridgehead atoms. The van der Waals surface area contributed by atoms with Gasteiger partial charge in [-0.3, -0.25) is 4.40 Å². The summed E-state index contributed by atoms with van der Waals surface area (Å²) in [6.45, 7) is 0. The Morgan fingerprint density at radius 1 is 1.62 bits per heavy atom. The largest absolute Gasteiger partial charge is 0.479 e. The zero-order chi connectivity index (χ0) is 9.42. The Kier molecular flexibility index (Phi) is 2.13. The number of ether oxygens (including phenoxy) is 1. The van der Waals surface area contributed by atoms with Crippen LogP contribution < -0.4 is 4.74 Å². The molecule has 0 fully saturated rings. The number of hydrogen-bond donors (Lipinski definition) is 0. The molecule has 0 aliphatic carbocycles. The lowest BCUT2D eigenvalue weighted by molar-refractivity contribution is 0.401. The first kappa shape index (κ1) is 8.77. The van der Waals surface area contributed by atoms with Gasteiger partial charge < -0.3 is 4.74 Å². The van der Waals surface area contributed by atoms with Crippen molar-refractivity contribution in [1.29, 1.82) is 0 Å². The van der Waals surface area contributed by atoms with Crippen molar-refractivity contribution in [3.05, 3.63) is 22.3 Å². The Morgan fingerprint density at radius 3 is 3.08 bits per heavy atom. The van der Waals surface area contributed by atoms with Crippen LogP contribution in [-0.4, -0.2) is 21.5 Å². The van der Waals surface area contributed by atoms with Crippen molar-refractivity contribution in [2.75, 3.05) is 7.11 Å². The summed E-state index contributed by atoms with van der Waals surface area (Å²) in [4.78, 5) is 7.99. The van der Waals surface area contributed by atoms with Gasteiger partial charge in [-0.15, -0.1) is 0 Å². The minimum Gasteiger partial charge on any atom is -0.479 e. The maximum absolute atomic E-state index is 5.84. The second-order valence-electron chi connectivity index (χ2n) is 2.35. The summed E-state index contributed by atoms with van der Waals surface area (Å²) in [5.41, 5.74) is 0.777. The lowest BCUT2D eigenvalue weighted by Crippen LogP contribution is -1.95. The van der Waals surface area contributed by atoms with E-state index in [-0.39, 0.29) is 0 Å². The van der Waals surface area contributed by atoms with E-state index in [1.54, 1.807) is 24.0 Å². The molecule has 0 saturated heterocycles. The van der Waals surface area contributed by atoms with Crippen LogP contribution in [0.3, 0.4) is 0 Å². The second kappa shape index (κ2) is 3.16. The van der Waals surface area contributed by atoms with Gasteiger partial charge in [0.25, 0.3) is 0 Å². The molecule has 0 aromatic carbocycles. The van der Waals surface area contributed by atoms with Crippen molar-refractivity contribution < 1.29 is 4.74 Å². The van der Waals surface area contributed by atoms with Crippen LogP contribution in [0.5, 0.6) is 5.88 Å². The van der Waals surface area contributed by atoms with Crippen molar-refractivity contribution in [1.82, 2.24) is 14.4 Å². The standard InChI is InChI=1S/C7H5BrClN3O/c1-13-7-4-2-10-3-12(4)5(8)6(9)11-7/h2-3H,1H3. The minimum atomic E-state index is 0.349. The number of methoxy groups -OCH3 is 1. The molecule has 0 spiro atoms. The highest BCUT2D eigenvalue weighted by Crippen LogP contribution is 2.27. The summed E-state index contributed by atoms with van der Waals surface area (Å²) in [6.07, 6.45) is 3.29. The van der Waals surface area contributed by atoms with Crippen molar-refractivity contribution >= 4 is 33.0 Å². The monoisotopic (exact) mass is 261 g/mol. The van der Waals surface area contributed by atoms with Crippen molar-refractivity contribution in [3.8, 4) is 5.88 Å². The van der Waals surface area contributed by atoms with Crippen molar-refractivity contribution in [3.63, 3.8) is 0 Å². The van der Waals surface area contributed by atoms with Gasteiger partial charge in [0.05, 0.1) is 13.3 Å². The van der Waals surface area contributed by atoms with Crippen molar-refractivity contribution in [2.45, 2.75) is 0 Å². The van der Waals surface area contributed by atoms with Gasteiger partial charge in [0, 0.05) is 0 Å². The maximum atomic E-state index is 5.84. The zero-order valence-corrected chi connectivity index (χ0v) is 9.00. The molecule has 0 atom stereocenters. The van der Waals surface area contributed by atoms with E-state index in [1.165, 1.54) is 0 Å². The number of imidazole rings is 1. The number of rotatable bonds is 1. The predicted octanol–water partition coefficient (Wildman–Crippen LogP) is 2.15. The number of halogens is 2. The zero-order valence-electron chi connectivity index (χ0n) is 6.66. The first-order chi connectivity index (χ1) is 6.24. The molecule has 0 amide bonds. The molecule has 0 aliphatic rings. The van der Waals surface area contributed by atoms with Crippen LogP contribution in [-0.2, 0) is 0 Å². The summed E-state index contributed by atoms with van der Waals surface area (Å²) < 4.78 is 7.47. The fourth-order valence-corrected chi connectivity index (χ4v) is 1.59. The van der Waals surface area contributed by atoms with Gasteiger partial charge in [0.1, 0.15) is 16.4 Å². The van der Waals surface area contributed by atoms with Gasteiger partial charge in [-0.2, -0.15) is 4.98 Å². The molecule has 2 rings (SSSR count). The number of hydrogen-bond acceptors (Lipinski definition) is 3. The van der Waals surface area contributed by atoms with Crippen molar-refractivity contribution in [2.24, 2.45) is 0 Å². The highest BCUT2D eigenvalue weighted by atomic mass is 79.9. The van der Waals surface area contributed by atoms with E-state index in [0.29, 0.717) is 15.6 Å². The average molecular weight is 262 g/mol. The quantitative estimate of drug-likeness (QED) is 0.790. The SMILES string of the molecule is COc1nc(Cl)c(Br)n2cncc12. The van der Waals surface area contributed by atoms with Crippen LogP contribution in [0.2, 0.25) is 5.15 Å². The highest BCUT2D eigenvalue weighted by molar-refractivity contribution is 9.10. The van der Waals surface area contributed by atoms with E-state index in [2.05, 4.69) is 25.9 Å². The Balaban J connectivity index is 2.87. The van der Waals surface area contributed by atoms with E-state index < -0.39 is 0 Å². The van der Waals surface area contributed by atoms with Gasteiger partial charge in [-0.25, -0.2) is 4.98 Å². The summed E-state index contributed by atoms with van der Waals surface area (Å²) in [7, 11) is 1.54. The summed E-state index contributed by atoms with van der Waals surface area (Å²) in [5, 5.41) is 0.349. The highest BCUT2D eigenvalue weighted by Gasteiger charge is 2.10. The van der Waals surface area contributed by atoms with Crippen LogP contribution in [0.25, 0.3) is 5.52 Å². The first-order valence-corrected chi connectivity index (χ1v) is 4.62.